The van der Waals surface area contributed by atoms with Crippen molar-refractivity contribution in [2.45, 2.75) is 99.9 Å². The SMILES string of the molecule is N#CCC1(n2cc(-c3ncnc4[nH]ccc34)cn2)CN([C@H]2CC[C@@H](Oc3cc(CN4CCC[C@@H]4CO)cc(C(F)(F)F)n3)CC2)C1.O=C(O)C(F)(F)F.O=C(O)C(F)(F)F.O=C(O)C(F)(F)F. The number of aliphatic hydroxyl groups is 1. The molecule has 7 rings (SSSR count). The molecule has 0 unspecified atom stereocenters. The van der Waals surface area contributed by atoms with Gasteiger partial charge in [-0.25, -0.2) is 29.3 Å². The topological polar surface area (TPSA) is 244 Å². The highest BCUT2D eigenvalue weighted by Crippen LogP contribution is 2.39. The van der Waals surface area contributed by atoms with E-state index in [1.54, 1.807) is 12.3 Å². The minimum atomic E-state index is -5.08. The molecular formula is C38H39F12N9O8. The Morgan fingerprint density at radius 3 is 1.97 bits per heavy atom. The van der Waals surface area contributed by atoms with Gasteiger partial charge in [0.05, 0.1) is 31.0 Å². The Morgan fingerprint density at radius 1 is 0.866 bits per heavy atom. The van der Waals surface area contributed by atoms with Crippen LogP contribution in [0.25, 0.3) is 22.3 Å². The van der Waals surface area contributed by atoms with Gasteiger partial charge in [0.25, 0.3) is 0 Å². The number of likely N-dealkylation sites (tertiary alicyclic amines) is 2. The predicted octanol–water partition coefficient (Wildman–Crippen LogP) is 6.41. The lowest BCUT2D eigenvalue weighted by Gasteiger charge is -2.53. The number of aliphatic carboxylic acids is 3. The summed E-state index contributed by atoms with van der Waals surface area (Å²) in [5.74, 6) is -8.27. The van der Waals surface area contributed by atoms with Gasteiger partial charge in [0.1, 0.15) is 29.3 Å². The monoisotopic (exact) mass is 977 g/mol. The summed E-state index contributed by atoms with van der Waals surface area (Å²) in [6, 6.07) is 7.23. The first-order valence-corrected chi connectivity index (χ1v) is 19.5. The molecule has 0 spiro atoms. The van der Waals surface area contributed by atoms with E-state index >= 15 is 0 Å². The van der Waals surface area contributed by atoms with Crippen LogP contribution in [0.4, 0.5) is 52.7 Å². The molecule has 17 nitrogen and oxygen atoms in total. The summed E-state index contributed by atoms with van der Waals surface area (Å²) in [6.07, 6.45) is -7.85. The Labute approximate surface area is 369 Å². The molecule has 6 heterocycles. The number of aromatic amines is 1. The van der Waals surface area contributed by atoms with E-state index in [9.17, 15) is 63.1 Å². The fourth-order valence-corrected chi connectivity index (χ4v) is 7.36. The lowest BCUT2D eigenvalue weighted by molar-refractivity contribution is -0.193. The van der Waals surface area contributed by atoms with Crippen LogP contribution in [0, 0.1) is 11.3 Å². The summed E-state index contributed by atoms with van der Waals surface area (Å²) in [6.45, 7) is 2.41. The third-order valence-electron chi connectivity index (χ3n) is 10.5. The molecule has 0 aromatic carbocycles. The van der Waals surface area contributed by atoms with E-state index < -0.39 is 53.8 Å². The van der Waals surface area contributed by atoms with Gasteiger partial charge < -0.3 is 30.1 Å². The molecule has 3 aliphatic rings. The molecule has 0 radical (unpaired) electrons. The molecule has 5 N–H and O–H groups in total. The normalized spacial score (nSPS) is 19.9. The van der Waals surface area contributed by atoms with Crippen molar-refractivity contribution in [3.8, 4) is 23.2 Å². The van der Waals surface area contributed by atoms with E-state index in [-0.39, 0.29) is 24.6 Å². The van der Waals surface area contributed by atoms with Crippen molar-refractivity contribution in [3.05, 3.63) is 54.4 Å². The van der Waals surface area contributed by atoms with E-state index in [1.165, 1.54) is 6.33 Å². The van der Waals surface area contributed by atoms with E-state index in [0.29, 0.717) is 50.5 Å². The lowest BCUT2D eigenvalue weighted by atomic mass is 9.82. The molecule has 2 aliphatic heterocycles. The van der Waals surface area contributed by atoms with Gasteiger partial charge in [-0.15, -0.1) is 0 Å². The minimum absolute atomic E-state index is 0.0000890. The molecule has 4 aromatic rings. The van der Waals surface area contributed by atoms with Crippen LogP contribution in [-0.2, 0) is 32.6 Å². The number of carbonyl (C=O) groups is 3. The van der Waals surface area contributed by atoms with Gasteiger partial charge in [0.15, 0.2) is 0 Å². The van der Waals surface area contributed by atoms with Crippen LogP contribution < -0.4 is 4.74 Å². The van der Waals surface area contributed by atoms with Crippen LogP contribution in [0.1, 0.15) is 56.2 Å². The second kappa shape index (κ2) is 21.6. The maximum Gasteiger partial charge on any atom is 0.490 e. The molecule has 67 heavy (non-hydrogen) atoms. The number of aromatic nitrogens is 6. The van der Waals surface area contributed by atoms with E-state index in [4.69, 9.17) is 34.4 Å². The number of nitrogens with zero attached hydrogens (tertiary/aromatic N) is 8. The highest BCUT2D eigenvalue weighted by atomic mass is 19.4. The summed E-state index contributed by atoms with van der Waals surface area (Å²) in [5.41, 5.74) is 1.49. The van der Waals surface area contributed by atoms with Crippen molar-refractivity contribution in [2.75, 3.05) is 26.2 Å². The van der Waals surface area contributed by atoms with E-state index in [2.05, 4.69) is 36.0 Å². The molecule has 1 atom stereocenters. The maximum absolute atomic E-state index is 13.7. The quantitative estimate of drug-likeness (QED) is 0.114. The van der Waals surface area contributed by atoms with Gasteiger partial charge in [-0.1, -0.05) is 0 Å². The molecular weight excluding hydrogens is 938 g/mol. The number of nitrogens with one attached hydrogen (secondary N) is 1. The van der Waals surface area contributed by atoms with Crippen LogP contribution in [0.5, 0.6) is 5.88 Å². The standard InChI is InChI=1S/C32H36F3N9O2.3C2HF3O2/c33-32(34,35)27-12-21(15-42-11-1-2-24(42)17-45)13-28(41-27)46-25-5-3-23(4-6-25)43-18-31(19-43,8-9-36)44-16-22(14-40-44)29-26-7-10-37-30(26)39-20-38-29;3*3-2(4,5)1(6)7/h7,10,12-14,16,20,23-25,45H,1-6,8,11,15,17-19H2,(H,37,38,39);3*(H,6,7)/t23-,24-,25+;;;/m1.../s1. The van der Waals surface area contributed by atoms with E-state index in [0.717, 1.165) is 60.6 Å². The second-order valence-corrected chi connectivity index (χ2v) is 15.2. The average Bonchev–Trinajstić information content (AvgIpc) is 4.01. The number of nitriles is 1. The molecule has 368 valence electrons. The summed E-state index contributed by atoms with van der Waals surface area (Å²) in [7, 11) is 0. The highest BCUT2D eigenvalue weighted by Gasteiger charge is 2.48. The fraction of sp³-hybridized carbons (Fsp3) is 0.526. The van der Waals surface area contributed by atoms with Crippen molar-refractivity contribution < 1.29 is 92.2 Å². The number of aliphatic hydroxyl groups excluding tert-OH is 1. The number of halogens is 12. The summed E-state index contributed by atoms with van der Waals surface area (Å²) >= 11 is 0. The zero-order valence-electron chi connectivity index (χ0n) is 34.3. The smallest absolute Gasteiger partial charge is 0.475 e. The number of H-pyrrole nitrogens is 1. The summed E-state index contributed by atoms with van der Waals surface area (Å²) < 4.78 is 144. The first-order chi connectivity index (χ1) is 31.1. The molecule has 29 heteroatoms. The third-order valence-corrected chi connectivity index (χ3v) is 10.5. The lowest BCUT2D eigenvalue weighted by Crippen LogP contribution is -2.65. The van der Waals surface area contributed by atoms with Crippen LogP contribution in [0.15, 0.2) is 43.1 Å². The number of hydrogen-bond acceptors (Lipinski definition) is 12. The van der Waals surface area contributed by atoms with Gasteiger partial charge in [-0.05, 0) is 62.8 Å². The van der Waals surface area contributed by atoms with Crippen molar-refractivity contribution in [1.82, 2.24) is 39.5 Å². The van der Waals surface area contributed by atoms with Gasteiger partial charge in [0.2, 0.25) is 5.88 Å². The molecule has 4 aromatic heterocycles. The Balaban J connectivity index is 0.000000389. The molecule has 1 saturated carbocycles. The number of fused-ring (bicyclic) bond motifs is 1. The second-order valence-electron chi connectivity index (χ2n) is 15.2. The number of rotatable bonds is 9. The number of ether oxygens (including phenoxy) is 1. The minimum Gasteiger partial charge on any atom is -0.475 e. The van der Waals surface area contributed by atoms with Crippen molar-refractivity contribution in [1.29, 1.82) is 5.26 Å². The Bertz CT molecular complexity index is 2290. The average molecular weight is 978 g/mol. The number of hydrogen-bond donors (Lipinski definition) is 5. The Kier molecular flexibility index (Phi) is 17.2. The maximum atomic E-state index is 13.7. The van der Waals surface area contributed by atoms with Gasteiger partial charge >= 0.3 is 42.6 Å². The van der Waals surface area contributed by atoms with Crippen LogP contribution >= 0.6 is 0 Å². The van der Waals surface area contributed by atoms with Crippen LogP contribution in [0.2, 0.25) is 0 Å². The largest absolute Gasteiger partial charge is 0.490 e. The van der Waals surface area contributed by atoms with Crippen molar-refractivity contribution >= 4 is 28.9 Å². The summed E-state index contributed by atoms with van der Waals surface area (Å²) in [4.78, 5) is 46.7. The number of carboxylic acid groups (broad SMARTS) is 3. The first kappa shape index (κ1) is 53.3. The fourth-order valence-electron chi connectivity index (χ4n) is 7.36. The molecule has 0 bridgehead atoms. The summed E-state index contributed by atoms with van der Waals surface area (Å²) in [5, 5.41) is 46.3. The third kappa shape index (κ3) is 14.6. The van der Waals surface area contributed by atoms with Crippen molar-refractivity contribution in [2.24, 2.45) is 0 Å². The Hall–Kier alpha value is -6.28. The zero-order chi connectivity index (χ0) is 50.1. The van der Waals surface area contributed by atoms with Crippen molar-refractivity contribution in [3.63, 3.8) is 0 Å². The molecule has 2 saturated heterocycles. The first-order valence-electron chi connectivity index (χ1n) is 19.5. The van der Waals surface area contributed by atoms with Gasteiger partial charge in [0, 0.05) is 61.1 Å². The Morgan fingerprint density at radius 2 is 1.45 bits per heavy atom. The molecule has 0 amide bonds. The van der Waals surface area contributed by atoms with Crippen LogP contribution in [0.3, 0.4) is 0 Å². The number of alkyl halides is 12. The molecule has 1 aliphatic carbocycles. The van der Waals surface area contributed by atoms with Gasteiger partial charge in [-0.2, -0.15) is 63.0 Å². The van der Waals surface area contributed by atoms with Crippen LogP contribution in [-0.4, -0.2) is 141 Å². The predicted molar refractivity (Wildman–Crippen MR) is 202 cm³/mol. The van der Waals surface area contributed by atoms with E-state index in [1.807, 2.05) is 28.0 Å². The zero-order valence-corrected chi connectivity index (χ0v) is 34.3. The number of pyridine rings is 1. The molecule has 3 fully saturated rings. The number of carboxylic acids is 3. The highest BCUT2D eigenvalue weighted by molar-refractivity contribution is 5.90. The van der Waals surface area contributed by atoms with Gasteiger partial charge in [-0.3, -0.25) is 14.5 Å².